The molecule has 1 aliphatic heterocycles. The molecule has 1 amide bonds. The van der Waals surface area contributed by atoms with Crippen LogP contribution in [0.1, 0.15) is 21.5 Å². The number of sulfonamides is 1. The smallest absolute Gasteiger partial charge is 0.254 e. The molecule has 7 heteroatoms. The molecular formula is C18H19FN2O3S. The molecule has 2 aromatic carbocycles. The monoisotopic (exact) mass is 362 g/mol. The molecule has 25 heavy (non-hydrogen) atoms. The van der Waals surface area contributed by atoms with Crippen LogP contribution in [0.4, 0.5) is 4.39 Å². The predicted octanol–water partition coefficient (Wildman–Crippen LogP) is 2.27. The van der Waals surface area contributed by atoms with Crippen LogP contribution in [-0.4, -0.2) is 44.2 Å². The molecule has 0 aliphatic carbocycles. The summed E-state index contributed by atoms with van der Waals surface area (Å²) in [6.45, 7) is 0.823. The van der Waals surface area contributed by atoms with Crippen molar-refractivity contribution in [1.29, 1.82) is 0 Å². The van der Waals surface area contributed by atoms with Gasteiger partial charge in [-0.1, -0.05) is 12.1 Å². The minimum Gasteiger partial charge on any atom is -0.334 e. The summed E-state index contributed by atoms with van der Waals surface area (Å²) in [5.74, 6) is -0.714. The molecule has 1 heterocycles. The van der Waals surface area contributed by atoms with Crippen LogP contribution < -0.4 is 0 Å². The molecule has 0 fully saturated rings. The first-order valence-electron chi connectivity index (χ1n) is 7.88. The third-order valence-electron chi connectivity index (χ3n) is 4.33. The fourth-order valence-electron chi connectivity index (χ4n) is 2.88. The van der Waals surface area contributed by atoms with Crippen molar-refractivity contribution < 1.29 is 17.6 Å². The fourth-order valence-corrected chi connectivity index (χ4v) is 3.84. The standard InChI is InChI=1S/C18H19FN2O3S/c1-20(2)25(23,24)17-7-6-13-8-9-21(12-15(13)11-17)18(22)14-4-3-5-16(19)10-14/h3-7,10-11H,8-9,12H2,1-2H3. The average Bonchev–Trinajstić information content (AvgIpc) is 2.60. The second-order valence-corrected chi connectivity index (χ2v) is 8.36. The number of nitrogens with zero attached hydrogens (tertiary/aromatic N) is 2. The van der Waals surface area contributed by atoms with E-state index in [0.29, 0.717) is 25.1 Å². The molecule has 0 spiro atoms. The van der Waals surface area contributed by atoms with Crippen LogP contribution in [0.2, 0.25) is 0 Å². The molecule has 0 unspecified atom stereocenters. The fraction of sp³-hybridized carbons (Fsp3) is 0.278. The molecule has 2 aromatic rings. The first-order chi connectivity index (χ1) is 11.8. The highest BCUT2D eigenvalue weighted by Gasteiger charge is 2.25. The summed E-state index contributed by atoms with van der Waals surface area (Å²) in [6.07, 6.45) is 0.638. The number of halogens is 1. The molecule has 132 valence electrons. The first-order valence-corrected chi connectivity index (χ1v) is 9.32. The van der Waals surface area contributed by atoms with E-state index >= 15 is 0 Å². The lowest BCUT2D eigenvalue weighted by atomic mass is 9.99. The normalized spacial score (nSPS) is 14.5. The van der Waals surface area contributed by atoms with Crippen molar-refractivity contribution in [2.45, 2.75) is 17.9 Å². The number of benzene rings is 2. The summed E-state index contributed by atoms with van der Waals surface area (Å²) in [4.78, 5) is 14.4. The maximum Gasteiger partial charge on any atom is 0.254 e. The molecule has 0 atom stereocenters. The van der Waals surface area contributed by atoms with E-state index in [4.69, 9.17) is 0 Å². The molecule has 5 nitrogen and oxygen atoms in total. The number of carbonyl (C=O) groups is 1. The predicted molar refractivity (Wildman–Crippen MR) is 92.2 cm³/mol. The van der Waals surface area contributed by atoms with Gasteiger partial charge in [-0.2, -0.15) is 0 Å². The Bertz CT molecular complexity index is 926. The number of hydrogen-bond donors (Lipinski definition) is 0. The van der Waals surface area contributed by atoms with Gasteiger partial charge in [0.05, 0.1) is 4.90 Å². The van der Waals surface area contributed by atoms with Gasteiger partial charge >= 0.3 is 0 Å². The summed E-state index contributed by atoms with van der Waals surface area (Å²) in [5, 5.41) is 0. The number of fused-ring (bicyclic) bond motifs is 1. The highest BCUT2D eigenvalue weighted by atomic mass is 32.2. The van der Waals surface area contributed by atoms with Crippen LogP contribution in [0.5, 0.6) is 0 Å². The first kappa shape index (κ1) is 17.6. The lowest BCUT2D eigenvalue weighted by Gasteiger charge is -2.29. The molecule has 3 rings (SSSR count). The summed E-state index contributed by atoms with van der Waals surface area (Å²) in [7, 11) is -0.564. The van der Waals surface area contributed by atoms with E-state index in [9.17, 15) is 17.6 Å². The van der Waals surface area contributed by atoms with Crippen molar-refractivity contribution in [3.8, 4) is 0 Å². The molecule has 0 aromatic heterocycles. The Morgan fingerprint density at radius 1 is 1.12 bits per heavy atom. The zero-order valence-corrected chi connectivity index (χ0v) is 14.9. The van der Waals surface area contributed by atoms with Crippen molar-refractivity contribution in [3.63, 3.8) is 0 Å². The van der Waals surface area contributed by atoms with Crippen LogP contribution in [0.15, 0.2) is 47.4 Å². The van der Waals surface area contributed by atoms with Crippen molar-refractivity contribution in [3.05, 3.63) is 65.0 Å². The molecule has 0 N–H and O–H groups in total. The molecule has 0 saturated carbocycles. The molecule has 1 aliphatic rings. The Hall–Kier alpha value is -2.25. The minimum atomic E-state index is -3.53. The van der Waals surface area contributed by atoms with Gasteiger partial charge in [0.25, 0.3) is 5.91 Å². The topological polar surface area (TPSA) is 57.7 Å². The van der Waals surface area contributed by atoms with Gasteiger partial charge in [0.2, 0.25) is 10.0 Å². The molecular weight excluding hydrogens is 343 g/mol. The maximum absolute atomic E-state index is 13.4. The van der Waals surface area contributed by atoms with E-state index < -0.39 is 15.8 Å². The van der Waals surface area contributed by atoms with E-state index in [1.54, 1.807) is 29.2 Å². The third-order valence-corrected chi connectivity index (χ3v) is 6.14. The summed E-state index contributed by atoms with van der Waals surface area (Å²) >= 11 is 0. The Morgan fingerprint density at radius 2 is 1.88 bits per heavy atom. The SMILES string of the molecule is CN(C)S(=O)(=O)c1ccc2c(c1)CN(C(=O)c1cccc(F)c1)CC2. The van der Waals surface area contributed by atoms with Crippen molar-refractivity contribution >= 4 is 15.9 Å². The number of hydrogen-bond acceptors (Lipinski definition) is 3. The Balaban J connectivity index is 1.89. The Morgan fingerprint density at radius 3 is 2.56 bits per heavy atom. The van der Waals surface area contributed by atoms with E-state index in [-0.39, 0.29) is 10.8 Å². The summed E-state index contributed by atoms with van der Waals surface area (Å²) < 4.78 is 39.1. The summed E-state index contributed by atoms with van der Waals surface area (Å²) in [5.41, 5.74) is 2.13. The van der Waals surface area contributed by atoms with Gasteiger partial charge in [-0.15, -0.1) is 0 Å². The van der Waals surface area contributed by atoms with Gasteiger partial charge in [-0.05, 0) is 47.9 Å². The second kappa shape index (κ2) is 6.57. The quantitative estimate of drug-likeness (QED) is 0.842. The average molecular weight is 362 g/mol. The molecule has 0 bridgehead atoms. The zero-order valence-electron chi connectivity index (χ0n) is 14.1. The van der Waals surface area contributed by atoms with E-state index in [1.165, 1.54) is 32.3 Å². The van der Waals surface area contributed by atoms with Crippen molar-refractivity contribution in [1.82, 2.24) is 9.21 Å². The van der Waals surface area contributed by atoms with Crippen LogP contribution in [0, 0.1) is 5.82 Å². The number of rotatable bonds is 3. The van der Waals surface area contributed by atoms with Crippen LogP contribution >= 0.6 is 0 Å². The van der Waals surface area contributed by atoms with E-state index in [0.717, 1.165) is 15.4 Å². The van der Waals surface area contributed by atoms with Gasteiger partial charge < -0.3 is 4.90 Å². The Kier molecular flexibility index (Phi) is 4.62. The van der Waals surface area contributed by atoms with Gasteiger partial charge in [0.1, 0.15) is 5.82 Å². The third kappa shape index (κ3) is 3.43. The van der Waals surface area contributed by atoms with Gasteiger partial charge in [0.15, 0.2) is 0 Å². The van der Waals surface area contributed by atoms with Crippen molar-refractivity contribution in [2.24, 2.45) is 0 Å². The largest absolute Gasteiger partial charge is 0.334 e. The zero-order chi connectivity index (χ0) is 18.2. The minimum absolute atomic E-state index is 0.205. The van der Waals surface area contributed by atoms with Crippen LogP contribution in [0.3, 0.4) is 0 Å². The highest BCUT2D eigenvalue weighted by molar-refractivity contribution is 7.89. The molecule has 0 saturated heterocycles. The van der Waals surface area contributed by atoms with Crippen molar-refractivity contribution in [2.75, 3.05) is 20.6 Å². The van der Waals surface area contributed by atoms with Gasteiger partial charge in [-0.25, -0.2) is 17.1 Å². The number of amides is 1. The van der Waals surface area contributed by atoms with Crippen LogP contribution in [-0.2, 0) is 23.0 Å². The lowest BCUT2D eigenvalue weighted by molar-refractivity contribution is 0.0734. The van der Waals surface area contributed by atoms with Crippen LogP contribution in [0.25, 0.3) is 0 Å². The highest BCUT2D eigenvalue weighted by Crippen LogP contribution is 2.25. The van der Waals surface area contributed by atoms with Gasteiger partial charge in [0, 0.05) is 32.7 Å². The number of carbonyl (C=O) groups excluding carboxylic acids is 1. The van der Waals surface area contributed by atoms with Gasteiger partial charge in [-0.3, -0.25) is 4.79 Å². The second-order valence-electron chi connectivity index (χ2n) is 6.21. The van der Waals surface area contributed by atoms with E-state index in [2.05, 4.69) is 0 Å². The molecule has 0 radical (unpaired) electrons. The lowest BCUT2D eigenvalue weighted by Crippen LogP contribution is -2.36. The summed E-state index contributed by atoms with van der Waals surface area (Å²) in [6, 6.07) is 10.6. The Labute approximate surface area is 146 Å². The maximum atomic E-state index is 13.4. The van der Waals surface area contributed by atoms with E-state index in [1.807, 2.05) is 0 Å².